The topological polar surface area (TPSA) is 101 Å². The summed E-state index contributed by atoms with van der Waals surface area (Å²) >= 11 is 11.9. The first-order valence-electron chi connectivity index (χ1n) is 13.1. The fourth-order valence-electron chi connectivity index (χ4n) is 4.68. The summed E-state index contributed by atoms with van der Waals surface area (Å²) in [6.45, 7) is 1.46. The van der Waals surface area contributed by atoms with E-state index in [-0.39, 0.29) is 22.8 Å². The summed E-state index contributed by atoms with van der Waals surface area (Å²) in [5, 5.41) is 0.940. The fourth-order valence-corrected chi connectivity index (χ4v) is 5.89. The maximum atomic E-state index is 13.2. The number of sulfonamides is 1. The van der Waals surface area contributed by atoms with E-state index in [1.165, 1.54) is 36.0 Å². The molecule has 212 valence electrons. The Morgan fingerprint density at radius 3 is 2.22 bits per heavy atom. The minimum absolute atomic E-state index is 0.000726. The van der Waals surface area contributed by atoms with E-state index in [2.05, 4.69) is 43.9 Å². The first kappa shape index (κ1) is 28.9. The Labute approximate surface area is 249 Å². The van der Waals surface area contributed by atoms with Gasteiger partial charge < -0.3 is 9.64 Å². The molecule has 0 unspecified atom stereocenters. The number of carbonyl (C=O) groups excluding carboxylic acids is 1. The number of halogens is 2. The highest BCUT2D eigenvalue weighted by molar-refractivity contribution is 7.90. The van der Waals surface area contributed by atoms with Crippen molar-refractivity contribution in [2.75, 3.05) is 18.0 Å². The predicted octanol–water partition coefficient (Wildman–Crippen LogP) is 5.94. The van der Waals surface area contributed by atoms with Crippen LogP contribution in [0.2, 0.25) is 10.0 Å². The average molecular weight is 612 g/mol. The van der Waals surface area contributed by atoms with Gasteiger partial charge in [0.2, 0.25) is 5.95 Å². The standard InChI is InChI=1S/C30H28Cl2N4O4S/c31-23-6-10-25(11-7-23)40-20-28-27(29(37)35-41(38,39)26-12-8-24(32)9-13-26)19-33-30(34-28)36-16-14-22(15-17-36)18-21-4-2-1-3-5-21/h1-13,19,22H,14-18,20H2,(H,35,37). The number of anilines is 1. The molecule has 4 aromatic rings. The second-order valence-electron chi connectivity index (χ2n) is 9.78. The summed E-state index contributed by atoms with van der Waals surface area (Å²) in [5.41, 5.74) is 1.59. The van der Waals surface area contributed by atoms with Gasteiger partial charge in [-0.05, 0) is 79.3 Å². The Morgan fingerprint density at radius 2 is 1.56 bits per heavy atom. The molecule has 3 aromatic carbocycles. The van der Waals surface area contributed by atoms with Gasteiger partial charge >= 0.3 is 0 Å². The van der Waals surface area contributed by atoms with Gasteiger partial charge in [0.05, 0.1) is 16.2 Å². The van der Waals surface area contributed by atoms with Gasteiger partial charge in [0.15, 0.2) is 0 Å². The summed E-state index contributed by atoms with van der Waals surface area (Å²) in [4.78, 5) is 24.3. The van der Waals surface area contributed by atoms with Crippen LogP contribution >= 0.6 is 23.2 Å². The molecule has 41 heavy (non-hydrogen) atoms. The van der Waals surface area contributed by atoms with Crippen molar-refractivity contribution < 1.29 is 17.9 Å². The summed E-state index contributed by atoms with van der Waals surface area (Å²) in [6, 6.07) is 22.7. The van der Waals surface area contributed by atoms with E-state index in [1.807, 2.05) is 6.07 Å². The van der Waals surface area contributed by atoms with Gasteiger partial charge in [0.25, 0.3) is 15.9 Å². The van der Waals surface area contributed by atoms with Crippen molar-refractivity contribution in [1.82, 2.24) is 14.7 Å². The minimum atomic E-state index is -4.16. The number of hydrogen-bond donors (Lipinski definition) is 1. The van der Waals surface area contributed by atoms with Gasteiger partial charge in [-0.3, -0.25) is 4.79 Å². The first-order valence-corrected chi connectivity index (χ1v) is 15.4. The normalized spacial score (nSPS) is 14.0. The zero-order chi connectivity index (χ0) is 28.8. The number of aromatic nitrogens is 2. The van der Waals surface area contributed by atoms with Gasteiger partial charge in [-0.15, -0.1) is 0 Å². The van der Waals surface area contributed by atoms with E-state index < -0.39 is 15.9 Å². The van der Waals surface area contributed by atoms with Crippen molar-refractivity contribution in [3.8, 4) is 5.75 Å². The molecule has 2 heterocycles. The van der Waals surface area contributed by atoms with Crippen molar-refractivity contribution in [3.63, 3.8) is 0 Å². The summed E-state index contributed by atoms with van der Waals surface area (Å²) in [5.74, 6) is 0.693. The Hall–Kier alpha value is -3.66. The van der Waals surface area contributed by atoms with Crippen LogP contribution in [0, 0.1) is 5.92 Å². The molecule has 11 heteroatoms. The van der Waals surface area contributed by atoms with Crippen LogP contribution in [0.5, 0.6) is 5.75 Å². The van der Waals surface area contributed by atoms with Gasteiger partial charge in [0.1, 0.15) is 12.4 Å². The van der Waals surface area contributed by atoms with Gasteiger partial charge in [-0.1, -0.05) is 53.5 Å². The molecular weight excluding hydrogens is 583 g/mol. The molecule has 0 bridgehead atoms. The number of carbonyl (C=O) groups is 1. The Balaban J connectivity index is 1.34. The van der Waals surface area contributed by atoms with Crippen LogP contribution in [0.4, 0.5) is 5.95 Å². The lowest BCUT2D eigenvalue weighted by Gasteiger charge is -2.32. The third-order valence-corrected chi connectivity index (χ3v) is 8.76. The minimum Gasteiger partial charge on any atom is -0.487 e. The van der Waals surface area contributed by atoms with Gasteiger partial charge in [0, 0.05) is 29.3 Å². The van der Waals surface area contributed by atoms with E-state index in [0.29, 0.717) is 27.7 Å². The number of benzene rings is 3. The molecule has 1 aliphatic rings. The van der Waals surface area contributed by atoms with E-state index in [1.54, 1.807) is 24.3 Å². The summed E-state index contributed by atoms with van der Waals surface area (Å²) in [7, 11) is -4.16. The lowest BCUT2D eigenvalue weighted by atomic mass is 9.90. The molecule has 1 saturated heterocycles. The van der Waals surface area contributed by atoms with Gasteiger partial charge in [-0.2, -0.15) is 0 Å². The van der Waals surface area contributed by atoms with Crippen LogP contribution in [0.25, 0.3) is 0 Å². The predicted molar refractivity (Wildman–Crippen MR) is 159 cm³/mol. The first-order chi connectivity index (χ1) is 19.8. The van der Waals surface area contributed by atoms with Crippen LogP contribution < -0.4 is 14.4 Å². The second kappa shape index (κ2) is 12.9. The lowest BCUT2D eigenvalue weighted by Crippen LogP contribution is -2.36. The van der Waals surface area contributed by atoms with Crippen molar-refractivity contribution >= 4 is 45.1 Å². The summed E-state index contributed by atoms with van der Waals surface area (Å²) in [6.07, 6.45) is 4.34. The highest BCUT2D eigenvalue weighted by Gasteiger charge is 2.25. The molecule has 1 aliphatic heterocycles. The monoisotopic (exact) mass is 610 g/mol. The zero-order valence-corrected chi connectivity index (χ0v) is 24.4. The molecule has 8 nitrogen and oxygen atoms in total. The Kier molecular flexibility index (Phi) is 9.07. The van der Waals surface area contributed by atoms with E-state index in [9.17, 15) is 13.2 Å². The number of amides is 1. The molecule has 1 amide bonds. The molecule has 5 rings (SSSR count). The fraction of sp³-hybridized carbons (Fsp3) is 0.233. The van der Waals surface area contributed by atoms with E-state index in [4.69, 9.17) is 27.9 Å². The molecule has 0 saturated carbocycles. The molecule has 1 aromatic heterocycles. The Bertz CT molecular complexity index is 1590. The number of rotatable bonds is 9. The lowest BCUT2D eigenvalue weighted by molar-refractivity contribution is 0.0978. The smallest absolute Gasteiger partial charge is 0.268 e. The molecule has 1 N–H and O–H groups in total. The second-order valence-corrected chi connectivity index (χ2v) is 12.3. The van der Waals surface area contributed by atoms with Crippen LogP contribution in [-0.2, 0) is 23.1 Å². The molecule has 0 spiro atoms. The number of nitrogens with zero attached hydrogens (tertiary/aromatic N) is 3. The number of ether oxygens (including phenoxy) is 1. The average Bonchev–Trinajstić information content (AvgIpc) is 2.98. The van der Waals surface area contributed by atoms with Crippen molar-refractivity contribution in [2.45, 2.75) is 30.8 Å². The van der Waals surface area contributed by atoms with Crippen LogP contribution in [-0.4, -0.2) is 37.4 Å². The van der Waals surface area contributed by atoms with Gasteiger partial charge in [-0.25, -0.2) is 23.1 Å². The molecule has 0 aliphatic carbocycles. The highest BCUT2D eigenvalue weighted by atomic mass is 35.5. The number of hydrogen-bond acceptors (Lipinski definition) is 7. The number of nitrogens with one attached hydrogen (secondary N) is 1. The van der Waals surface area contributed by atoms with Crippen LogP contribution in [0.3, 0.4) is 0 Å². The third kappa shape index (κ3) is 7.55. The third-order valence-electron chi connectivity index (χ3n) is 6.90. The van der Waals surface area contributed by atoms with Crippen molar-refractivity contribution in [1.29, 1.82) is 0 Å². The number of piperidine rings is 1. The molecule has 0 atom stereocenters. The van der Waals surface area contributed by atoms with Crippen molar-refractivity contribution in [2.24, 2.45) is 5.92 Å². The largest absolute Gasteiger partial charge is 0.487 e. The molecule has 1 fully saturated rings. The maximum absolute atomic E-state index is 13.2. The highest BCUT2D eigenvalue weighted by Crippen LogP contribution is 2.25. The van der Waals surface area contributed by atoms with Crippen LogP contribution in [0.15, 0.2) is 90.0 Å². The summed E-state index contributed by atoms with van der Waals surface area (Å²) < 4.78 is 33.7. The van der Waals surface area contributed by atoms with Crippen LogP contribution in [0.1, 0.15) is 34.5 Å². The van der Waals surface area contributed by atoms with E-state index >= 15 is 0 Å². The van der Waals surface area contributed by atoms with Crippen molar-refractivity contribution in [3.05, 3.63) is 112 Å². The maximum Gasteiger partial charge on any atom is 0.268 e. The SMILES string of the molecule is O=C(NS(=O)(=O)c1ccc(Cl)cc1)c1cnc(N2CCC(Cc3ccccc3)CC2)nc1COc1ccc(Cl)cc1. The molecule has 0 radical (unpaired) electrons. The zero-order valence-electron chi connectivity index (χ0n) is 22.0. The molecular formula is C30H28Cl2N4O4S. The Morgan fingerprint density at radius 1 is 0.927 bits per heavy atom. The quantitative estimate of drug-likeness (QED) is 0.250. The van der Waals surface area contributed by atoms with E-state index in [0.717, 1.165) is 32.4 Å².